The van der Waals surface area contributed by atoms with E-state index in [-0.39, 0.29) is 13.2 Å². The SMILES string of the molecule is NOCCO.O=C(O)O. The molecule has 0 bridgehead atoms. The molecule has 0 fully saturated rings. The van der Waals surface area contributed by atoms with Crippen LogP contribution in [0.15, 0.2) is 0 Å². The number of aliphatic hydroxyl groups is 1. The van der Waals surface area contributed by atoms with Gasteiger partial charge in [-0.1, -0.05) is 0 Å². The fourth-order valence-electron chi connectivity index (χ4n) is 0.0527. The minimum Gasteiger partial charge on any atom is -0.450 e. The minimum atomic E-state index is -1.83. The summed E-state index contributed by atoms with van der Waals surface area (Å²) in [5, 5.41) is 21.8. The second-order valence-electron chi connectivity index (χ2n) is 0.877. The van der Waals surface area contributed by atoms with E-state index in [1.54, 1.807) is 0 Å². The van der Waals surface area contributed by atoms with Crippen LogP contribution < -0.4 is 5.90 Å². The molecule has 0 heterocycles. The van der Waals surface area contributed by atoms with E-state index in [2.05, 4.69) is 10.7 Å². The Labute approximate surface area is 51.4 Å². The fraction of sp³-hybridized carbons (Fsp3) is 0.667. The van der Waals surface area contributed by atoms with Gasteiger partial charge in [0.25, 0.3) is 0 Å². The van der Waals surface area contributed by atoms with Crippen molar-refractivity contribution in [3.8, 4) is 0 Å². The van der Waals surface area contributed by atoms with Crippen molar-refractivity contribution in [2.24, 2.45) is 5.90 Å². The predicted molar refractivity (Wildman–Crippen MR) is 27.9 cm³/mol. The highest BCUT2D eigenvalue weighted by molar-refractivity contribution is 5.53. The Balaban J connectivity index is 0. The third-order valence-corrected chi connectivity index (χ3v) is 0.209. The lowest BCUT2D eigenvalue weighted by Gasteiger charge is -1.83. The van der Waals surface area contributed by atoms with Crippen LogP contribution in [0.5, 0.6) is 0 Å². The van der Waals surface area contributed by atoms with Gasteiger partial charge in [-0.25, -0.2) is 10.7 Å². The van der Waals surface area contributed by atoms with Gasteiger partial charge in [-0.2, -0.15) is 0 Å². The largest absolute Gasteiger partial charge is 0.503 e. The van der Waals surface area contributed by atoms with Crippen LogP contribution in [-0.4, -0.2) is 34.7 Å². The Morgan fingerprint density at radius 3 is 1.89 bits per heavy atom. The van der Waals surface area contributed by atoms with E-state index in [9.17, 15) is 0 Å². The molecule has 0 unspecified atom stereocenters. The van der Waals surface area contributed by atoms with Gasteiger partial charge in [-0.3, -0.25) is 0 Å². The maximum absolute atomic E-state index is 8.56. The molecule has 56 valence electrons. The summed E-state index contributed by atoms with van der Waals surface area (Å²) in [5.41, 5.74) is 0. The minimum absolute atomic E-state index is 0.00347. The number of rotatable bonds is 2. The number of hydrogen-bond donors (Lipinski definition) is 4. The van der Waals surface area contributed by atoms with Crippen LogP contribution in [0.3, 0.4) is 0 Å². The molecular weight excluding hydrogens is 130 g/mol. The van der Waals surface area contributed by atoms with Crippen molar-refractivity contribution >= 4 is 6.16 Å². The molecule has 0 aliphatic carbocycles. The van der Waals surface area contributed by atoms with Crippen molar-refractivity contribution in [2.45, 2.75) is 0 Å². The third-order valence-electron chi connectivity index (χ3n) is 0.209. The first-order valence-corrected chi connectivity index (χ1v) is 1.99. The normalized spacial score (nSPS) is 7.33. The molecule has 6 heteroatoms. The van der Waals surface area contributed by atoms with Crippen LogP contribution in [-0.2, 0) is 4.84 Å². The second kappa shape index (κ2) is 10.2. The Morgan fingerprint density at radius 1 is 1.56 bits per heavy atom. The lowest BCUT2D eigenvalue weighted by molar-refractivity contribution is 0.0938. The molecule has 0 aromatic heterocycles. The maximum atomic E-state index is 8.56. The van der Waals surface area contributed by atoms with Crippen molar-refractivity contribution in [3.05, 3.63) is 0 Å². The topological polar surface area (TPSA) is 113 Å². The van der Waals surface area contributed by atoms with E-state index < -0.39 is 6.16 Å². The Hall–Kier alpha value is -0.850. The van der Waals surface area contributed by atoms with Gasteiger partial charge in [0.1, 0.15) is 0 Å². The number of carboxylic acid groups (broad SMARTS) is 2. The first-order chi connectivity index (χ1) is 4.15. The average molecular weight is 139 g/mol. The van der Waals surface area contributed by atoms with Crippen LogP contribution >= 0.6 is 0 Å². The maximum Gasteiger partial charge on any atom is 0.503 e. The Kier molecular flexibility index (Phi) is 12.5. The summed E-state index contributed by atoms with van der Waals surface area (Å²) in [5.74, 6) is 4.48. The molecule has 5 N–H and O–H groups in total. The average Bonchev–Trinajstić information content (AvgIpc) is 1.66. The molecule has 0 aromatic rings. The standard InChI is InChI=1S/C2H7NO2.CH2O3/c3-5-2-1-4;2-1(3)4/h4H,1-3H2;(H2,2,3,4). The zero-order valence-electron chi connectivity index (χ0n) is 4.65. The van der Waals surface area contributed by atoms with E-state index in [0.717, 1.165) is 0 Å². The quantitative estimate of drug-likeness (QED) is 0.368. The smallest absolute Gasteiger partial charge is 0.450 e. The molecule has 0 aliphatic rings. The molecule has 6 nitrogen and oxygen atoms in total. The molecule has 0 spiro atoms. The molecule has 0 aliphatic heterocycles. The molecule has 0 saturated carbocycles. The highest BCUT2D eigenvalue weighted by Crippen LogP contribution is 1.51. The van der Waals surface area contributed by atoms with Crippen molar-refractivity contribution in [2.75, 3.05) is 13.2 Å². The molecule has 0 rings (SSSR count). The van der Waals surface area contributed by atoms with E-state index >= 15 is 0 Å². The highest BCUT2D eigenvalue weighted by Gasteiger charge is 1.70. The van der Waals surface area contributed by atoms with Crippen LogP contribution in [0, 0.1) is 0 Å². The Bertz CT molecular complexity index is 59.2. The zero-order valence-corrected chi connectivity index (χ0v) is 4.65. The van der Waals surface area contributed by atoms with Crippen molar-refractivity contribution in [1.29, 1.82) is 0 Å². The van der Waals surface area contributed by atoms with E-state index in [0.29, 0.717) is 0 Å². The molecule has 0 saturated heterocycles. The molecule has 9 heavy (non-hydrogen) atoms. The van der Waals surface area contributed by atoms with Gasteiger partial charge in [-0.05, 0) is 0 Å². The molecule has 0 amide bonds. The molecule has 0 radical (unpaired) electrons. The predicted octanol–water partition coefficient (Wildman–Crippen LogP) is -0.909. The van der Waals surface area contributed by atoms with Gasteiger partial charge < -0.3 is 20.2 Å². The summed E-state index contributed by atoms with van der Waals surface area (Å²) in [6, 6.07) is 0. The van der Waals surface area contributed by atoms with E-state index in [1.165, 1.54) is 0 Å². The Morgan fingerprint density at radius 2 is 1.89 bits per heavy atom. The lowest BCUT2D eigenvalue weighted by Crippen LogP contribution is -2.03. The van der Waals surface area contributed by atoms with Gasteiger partial charge in [0.05, 0.1) is 13.2 Å². The van der Waals surface area contributed by atoms with Gasteiger partial charge in [-0.15, -0.1) is 0 Å². The molecule has 0 atom stereocenters. The van der Waals surface area contributed by atoms with Crippen LogP contribution in [0.25, 0.3) is 0 Å². The van der Waals surface area contributed by atoms with Gasteiger partial charge in [0.2, 0.25) is 0 Å². The van der Waals surface area contributed by atoms with Crippen LogP contribution in [0.1, 0.15) is 0 Å². The van der Waals surface area contributed by atoms with Gasteiger partial charge in [0, 0.05) is 0 Å². The number of hydrogen-bond acceptors (Lipinski definition) is 4. The van der Waals surface area contributed by atoms with E-state index in [1.807, 2.05) is 0 Å². The number of carbonyl (C=O) groups is 1. The van der Waals surface area contributed by atoms with Crippen LogP contribution in [0.2, 0.25) is 0 Å². The monoisotopic (exact) mass is 139 g/mol. The van der Waals surface area contributed by atoms with Crippen molar-refractivity contribution < 1.29 is 25.0 Å². The summed E-state index contributed by atoms with van der Waals surface area (Å²) in [6.45, 7) is 0.219. The second-order valence-corrected chi connectivity index (χ2v) is 0.877. The van der Waals surface area contributed by atoms with Crippen molar-refractivity contribution in [3.63, 3.8) is 0 Å². The van der Waals surface area contributed by atoms with Gasteiger partial charge in [0.15, 0.2) is 0 Å². The summed E-state index contributed by atoms with van der Waals surface area (Å²) in [4.78, 5) is 12.5. The number of nitrogens with two attached hydrogens (primary N) is 1. The first kappa shape index (κ1) is 11.0. The summed E-state index contributed by atoms with van der Waals surface area (Å²) in [7, 11) is 0. The fourth-order valence-corrected chi connectivity index (χ4v) is 0.0527. The summed E-state index contributed by atoms with van der Waals surface area (Å²) < 4.78 is 0. The van der Waals surface area contributed by atoms with Gasteiger partial charge >= 0.3 is 6.16 Å². The molecule has 0 aromatic carbocycles. The van der Waals surface area contributed by atoms with Crippen molar-refractivity contribution in [1.82, 2.24) is 0 Å². The third kappa shape index (κ3) is 143. The zero-order chi connectivity index (χ0) is 7.70. The summed E-state index contributed by atoms with van der Waals surface area (Å²) >= 11 is 0. The lowest BCUT2D eigenvalue weighted by atomic mass is 10.8. The number of aliphatic hydroxyl groups excluding tert-OH is 1. The van der Waals surface area contributed by atoms with E-state index in [4.69, 9.17) is 20.1 Å². The molecular formula is C3H9NO5. The highest BCUT2D eigenvalue weighted by atomic mass is 16.6. The first-order valence-electron chi connectivity index (χ1n) is 1.99. The summed E-state index contributed by atoms with van der Waals surface area (Å²) in [6.07, 6.45) is -1.83. The van der Waals surface area contributed by atoms with Crippen LogP contribution in [0.4, 0.5) is 4.79 Å².